The van der Waals surface area contributed by atoms with Crippen LogP contribution in [0.3, 0.4) is 0 Å². The Hall–Kier alpha value is -1.25. The lowest BCUT2D eigenvalue weighted by molar-refractivity contribution is -0.140. The topological polar surface area (TPSA) is 55.6 Å². The molecule has 1 rings (SSSR count). The molecule has 5 nitrogen and oxygen atoms in total. The van der Waals surface area contributed by atoms with Crippen LogP contribution in [0.1, 0.15) is 25.7 Å². The molecule has 17 heavy (non-hydrogen) atoms. The Bertz CT molecular complexity index is 353. The molecule has 1 atom stereocenters. The monoisotopic (exact) mass is 255 g/mol. The summed E-state index contributed by atoms with van der Waals surface area (Å²) >= 11 is 0. The third kappa shape index (κ3) is 3.35. The number of nitrogens with zero attached hydrogens (tertiary/aromatic N) is 4. The summed E-state index contributed by atoms with van der Waals surface area (Å²) in [5, 5.41) is 12.9. The number of rotatable bonds is 6. The molecule has 1 aromatic rings. The van der Waals surface area contributed by atoms with Crippen LogP contribution in [0.4, 0.5) is 17.6 Å². The first-order valence-electron chi connectivity index (χ1n) is 5.04. The molecule has 0 fully saturated rings. The molecule has 0 saturated carbocycles. The molecule has 9 heteroatoms. The second-order valence-corrected chi connectivity index (χ2v) is 3.54. The van der Waals surface area contributed by atoms with E-state index in [2.05, 4.69) is 20.8 Å². The Balaban J connectivity index is 2.82. The van der Waals surface area contributed by atoms with E-state index in [1.165, 1.54) is 0 Å². The highest BCUT2D eigenvalue weighted by molar-refractivity contribution is 4.90. The molecule has 98 valence electrons. The molecule has 0 amide bonds. The minimum absolute atomic E-state index is 0.104. The minimum Gasteiger partial charge on any atom is -0.308 e. The van der Waals surface area contributed by atoms with Gasteiger partial charge in [0.1, 0.15) is 6.54 Å². The highest BCUT2D eigenvalue weighted by Gasteiger charge is 2.42. The second kappa shape index (κ2) is 5.39. The Kier molecular flexibility index (Phi) is 4.38. The summed E-state index contributed by atoms with van der Waals surface area (Å²) in [4.78, 5) is 0. The van der Waals surface area contributed by atoms with Crippen molar-refractivity contribution in [2.75, 3.05) is 6.54 Å². The number of nitrogens with one attached hydrogen (secondary N) is 1. The van der Waals surface area contributed by atoms with Crippen LogP contribution < -0.4 is 5.32 Å². The first kappa shape index (κ1) is 13.8. The standard InChI is InChI=1S/C8H13F4N5/c1-3-13-5(2)6-14-15-16-17(6)4-8(11,12)7(9)10/h5,7,13H,3-4H2,1-2H3. The normalized spacial score (nSPS) is 14.3. The van der Waals surface area contributed by atoms with Crippen molar-refractivity contribution in [1.29, 1.82) is 0 Å². The third-order valence-corrected chi connectivity index (χ3v) is 2.14. The zero-order chi connectivity index (χ0) is 13.1. The van der Waals surface area contributed by atoms with Crippen molar-refractivity contribution < 1.29 is 17.6 Å². The van der Waals surface area contributed by atoms with E-state index in [4.69, 9.17) is 0 Å². The van der Waals surface area contributed by atoms with Gasteiger partial charge in [-0.05, 0) is 23.9 Å². The predicted molar refractivity (Wildman–Crippen MR) is 50.9 cm³/mol. The smallest absolute Gasteiger partial charge is 0.308 e. The molecule has 1 heterocycles. The SMILES string of the molecule is CCNC(C)c1nnnn1CC(F)(F)C(F)F. The van der Waals surface area contributed by atoms with Gasteiger partial charge in [-0.25, -0.2) is 13.5 Å². The highest BCUT2D eigenvalue weighted by atomic mass is 19.3. The largest absolute Gasteiger partial charge is 0.326 e. The highest BCUT2D eigenvalue weighted by Crippen LogP contribution is 2.25. The Morgan fingerprint density at radius 1 is 1.41 bits per heavy atom. The summed E-state index contributed by atoms with van der Waals surface area (Å²) < 4.78 is 50.5. The van der Waals surface area contributed by atoms with Gasteiger partial charge in [0.25, 0.3) is 0 Å². The van der Waals surface area contributed by atoms with E-state index in [1.54, 1.807) is 6.92 Å². The van der Waals surface area contributed by atoms with Crippen molar-refractivity contribution in [3.63, 3.8) is 0 Å². The molecule has 0 radical (unpaired) electrons. The van der Waals surface area contributed by atoms with Crippen LogP contribution in [0.2, 0.25) is 0 Å². The van der Waals surface area contributed by atoms with E-state index < -0.39 is 18.9 Å². The van der Waals surface area contributed by atoms with Crippen molar-refractivity contribution in [1.82, 2.24) is 25.5 Å². The van der Waals surface area contributed by atoms with Gasteiger partial charge >= 0.3 is 12.3 Å². The summed E-state index contributed by atoms with van der Waals surface area (Å²) in [6, 6.07) is -0.386. The zero-order valence-corrected chi connectivity index (χ0v) is 9.37. The fourth-order valence-electron chi connectivity index (χ4n) is 1.30. The number of tetrazole rings is 1. The van der Waals surface area contributed by atoms with E-state index in [0.717, 1.165) is 0 Å². The first-order valence-corrected chi connectivity index (χ1v) is 5.04. The molecule has 0 aliphatic rings. The van der Waals surface area contributed by atoms with E-state index in [9.17, 15) is 17.6 Å². The minimum atomic E-state index is -4.14. The maximum Gasteiger partial charge on any atom is 0.326 e. The quantitative estimate of drug-likeness (QED) is 0.777. The van der Waals surface area contributed by atoms with Crippen LogP contribution in [-0.2, 0) is 6.54 Å². The average Bonchev–Trinajstić information content (AvgIpc) is 2.65. The summed E-state index contributed by atoms with van der Waals surface area (Å²) in [5.74, 6) is -4.04. The van der Waals surface area contributed by atoms with Gasteiger partial charge in [0.15, 0.2) is 5.82 Å². The van der Waals surface area contributed by atoms with Gasteiger partial charge in [0.05, 0.1) is 6.04 Å². The van der Waals surface area contributed by atoms with Gasteiger partial charge in [-0.3, -0.25) is 0 Å². The lowest BCUT2D eigenvalue weighted by Gasteiger charge is -2.17. The molecular weight excluding hydrogens is 242 g/mol. The molecule has 0 aromatic carbocycles. The van der Waals surface area contributed by atoms with Crippen molar-refractivity contribution in [2.24, 2.45) is 0 Å². The summed E-state index contributed by atoms with van der Waals surface area (Å²) in [7, 11) is 0. The summed E-state index contributed by atoms with van der Waals surface area (Å²) in [6.45, 7) is 2.83. The fourth-order valence-corrected chi connectivity index (χ4v) is 1.30. The van der Waals surface area contributed by atoms with Gasteiger partial charge < -0.3 is 5.32 Å². The molecule has 0 aliphatic heterocycles. The van der Waals surface area contributed by atoms with E-state index >= 15 is 0 Å². The third-order valence-electron chi connectivity index (χ3n) is 2.14. The van der Waals surface area contributed by atoms with Gasteiger partial charge in [0, 0.05) is 0 Å². The Morgan fingerprint density at radius 3 is 2.59 bits per heavy atom. The van der Waals surface area contributed by atoms with Gasteiger partial charge in [-0.1, -0.05) is 6.92 Å². The number of alkyl halides is 4. The number of hydrogen-bond acceptors (Lipinski definition) is 4. The molecule has 0 bridgehead atoms. The maximum absolute atomic E-state index is 12.9. The first-order chi connectivity index (χ1) is 7.88. The molecular formula is C8H13F4N5. The van der Waals surface area contributed by atoms with Crippen LogP contribution in [0.25, 0.3) is 0 Å². The molecule has 0 saturated heterocycles. The van der Waals surface area contributed by atoms with Crippen LogP contribution in [0, 0.1) is 0 Å². The number of halogens is 4. The van der Waals surface area contributed by atoms with E-state index in [1.807, 2.05) is 6.92 Å². The average molecular weight is 255 g/mol. The van der Waals surface area contributed by atoms with Crippen molar-refractivity contribution >= 4 is 0 Å². The molecule has 1 unspecified atom stereocenters. The Labute approximate surface area is 95.2 Å². The summed E-state index contributed by atoms with van der Waals surface area (Å²) in [6.07, 6.45) is -3.74. The predicted octanol–water partition coefficient (Wildman–Crippen LogP) is 1.24. The maximum atomic E-state index is 12.9. The Morgan fingerprint density at radius 2 is 2.06 bits per heavy atom. The lowest BCUT2D eigenvalue weighted by atomic mass is 10.3. The van der Waals surface area contributed by atoms with Crippen LogP contribution in [-0.4, -0.2) is 39.1 Å². The molecule has 1 N–H and O–H groups in total. The van der Waals surface area contributed by atoms with Crippen molar-refractivity contribution in [2.45, 2.75) is 38.8 Å². The molecule has 1 aromatic heterocycles. The summed E-state index contributed by atoms with van der Waals surface area (Å²) in [5.41, 5.74) is 0. The van der Waals surface area contributed by atoms with Crippen molar-refractivity contribution in [3.05, 3.63) is 5.82 Å². The van der Waals surface area contributed by atoms with Gasteiger partial charge in [-0.15, -0.1) is 5.10 Å². The second-order valence-electron chi connectivity index (χ2n) is 3.54. The van der Waals surface area contributed by atoms with Crippen LogP contribution in [0.5, 0.6) is 0 Å². The zero-order valence-electron chi connectivity index (χ0n) is 9.37. The molecule has 0 aliphatic carbocycles. The lowest BCUT2D eigenvalue weighted by Crippen LogP contribution is -2.34. The number of hydrogen-bond donors (Lipinski definition) is 1. The van der Waals surface area contributed by atoms with Gasteiger partial charge in [-0.2, -0.15) is 8.78 Å². The van der Waals surface area contributed by atoms with Crippen molar-refractivity contribution in [3.8, 4) is 0 Å². The number of aromatic nitrogens is 4. The molecule has 0 spiro atoms. The van der Waals surface area contributed by atoms with Gasteiger partial charge in [0.2, 0.25) is 0 Å². The van der Waals surface area contributed by atoms with Crippen LogP contribution >= 0.6 is 0 Å². The van der Waals surface area contributed by atoms with Crippen LogP contribution in [0.15, 0.2) is 0 Å². The van der Waals surface area contributed by atoms with E-state index in [0.29, 0.717) is 11.2 Å². The van der Waals surface area contributed by atoms with E-state index in [-0.39, 0.29) is 11.9 Å². The fraction of sp³-hybridized carbons (Fsp3) is 0.875.